The fourth-order valence-electron chi connectivity index (χ4n) is 2.76. The standard InChI is InChI=1S/C22H22BrN3O4S2/c1-3-30-18-10-8-16(9-11-18)24-22(31)25-20-13-12-19(14-21(20)29-2)32(27,28)26-17-6-4-15(23)5-7-17/h4-14,26H,3H2,1-2H3,(H2,24,25,31). The molecule has 0 aliphatic heterocycles. The molecule has 3 N–H and O–H groups in total. The summed E-state index contributed by atoms with van der Waals surface area (Å²) in [7, 11) is -2.33. The molecule has 0 spiro atoms. The van der Waals surface area contributed by atoms with Gasteiger partial charge in [0.15, 0.2) is 5.11 Å². The van der Waals surface area contributed by atoms with Crippen LogP contribution in [-0.2, 0) is 10.0 Å². The van der Waals surface area contributed by atoms with E-state index >= 15 is 0 Å². The third-order valence-corrected chi connectivity index (χ3v) is 6.36. The molecule has 168 valence electrons. The second-order valence-electron chi connectivity index (χ2n) is 6.51. The van der Waals surface area contributed by atoms with Gasteiger partial charge in [-0.25, -0.2) is 8.42 Å². The van der Waals surface area contributed by atoms with Crippen LogP contribution in [0.4, 0.5) is 17.1 Å². The number of rotatable bonds is 8. The number of sulfonamides is 1. The molecule has 32 heavy (non-hydrogen) atoms. The normalized spacial score (nSPS) is 10.8. The topological polar surface area (TPSA) is 88.7 Å². The minimum Gasteiger partial charge on any atom is -0.495 e. The lowest BCUT2D eigenvalue weighted by molar-refractivity contribution is 0.340. The van der Waals surface area contributed by atoms with E-state index in [-0.39, 0.29) is 4.90 Å². The van der Waals surface area contributed by atoms with E-state index in [1.165, 1.54) is 19.2 Å². The first-order valence-corrected chi connectivity index (χ1v) is 12.3. The number of hydrogen-bond acceptors (Lipinski definition) is 5. The van der Waals surface area contributed by atoms with Crippen molar-refractivity contribution in [1.29, 1.82) is 0 Å². The predicted octanol–water partition coefficient (Wildman–Crippen LogP) is 5.47. The molecule has 3 aromatic carbocycles. The van der Waals surface area contributed by atoms with Gasteiger partial charge in [0.25, 0.3) is 10.0 Å². The molecule has 0 aliphatic carbocycles. The summed E-state index contributed by atoms with van der Waals surface area (Å²) in [5, 5.41) is 6.43. The summed E-state index contributed by atoms with van der Waals surface area (Å²) in [4.78, 5) is 0.0632. The lowest BCUT2D eigenvalue weighted by atomic mass is 10.3. The molecular formula is C22H22BrN3O4S2. The highest BCUT2D eigenvalue weighted by atomic mass is 79.9. The molecule has 0 unspecified atom stereocenters. The van der Waals surface area contributed by atoms with Gasteiger partial charge < -0.3 is 20.1 Å². The molecule has 0 heterocycles. The van der Waals surface area contributed by atoms with Gasteiger partial charge in [-0.3, -0.25) is 4.72 Å². The van der Waals surface area contributed by atoms with E-state index in [9.17, 15) is 8.42 Å². The molecule has 10 heteroatoms. The minimum atomic E-state index is -3.79. The number of ether oxygens (including phenoxy) is 2. The van der Waals surface area contributed by atoms with Gasteiger partial charge in [-0.2, -0.15) is 0 Å². The van der Waals surface area contributed by atoms with Gasteiger partial charge >= 0.3 is 0 Å². The van der Waals surface area contributed by atoms with Gasteiger partial charge in [-0.05, 0) is 79.8 Å². The van der Waals surface area contributed by atoms with Gasteiger partial charge in [0, 0.05) is 21.9 Å². The lowest BCUT2D eigenvalue weighted by Gasteiger charge is -2.15. The van der Waals surface area contributed by atoms with E-state index in [1.807, 2.05) is 31.2 Å². The van der Waals surface area contributed by atoms with Crippen LogP contribution >= 0.6 is 28.1 Å². The Kier molecular flexibility index (Phi) is 7.94. The Morgan fingerprint density at radius 3 is 2.25 bits per heavy atom. The first-order chi connectivity index (χ1) is 15.3. The zero-order valence-electron chi connectivity index (χ0n) is 17.4. The molecule has 0 saturated heterocycles. The Labute approximate surface area is 201 Å². The molecule has 0 atom stereocenters. The van der Waals surface area contributed by atoms with E-state index in [4.69, 9.17) is 21.7 Å². The highest BCUT2D eigenvalue weighted by Crippen LogP contribution is 2.29. The van der Waals surface area contributed by atoms with Crippen LogP contribution < -0.4 is 24.8 Å². The van der Waals surface area contributed by atoms with Gasteiger partial charge in [-0.1, -0.05) is 15.9 Å². The summed E-state index contributed by atoms with van der Waals surface area (Å²) < 4.78 is 39.7. The third kappa shape index (κ3) is 6.35. The molecule has 0 saturated carbocycles. The van der Waals surface area contributed by atoms with Gasteiger partial charge in [0.05, 0.1) is 24.3 Å². The van der Waals surface area contributed by atoms with Gasteiger partial charge in [0.1, 0.15) is 11.5 Å². The van der Waals surface area contributed by atoms with Crippen LogP contribution in [0.15, 0.2) is 76.1 Å². The van der Waals surface area contributed by atoms with Crippen molar-refractivity contribution in [1.82, 2.24) is 0 Å². The van der Waals surface area contributed by atoms with Crippen LogP contribution in [0.1, 0.15) is 6.92 Å². The zero-order chi connectivity index (χ0) is 23.1. The van der Waals surface area contributed by atoms with E-state index in [0.717, 1.165) is 15.9 Å². The maximum Gasteiger partial charge on any atom is 0.262 e. The van der Waals surface area contributed by atoms with Crippen molar-refractivity contribution in [3.8, 4) is 11.5 Å². The second kappa shape index (κ2) is 10.7. The fraction of sp³-hybridized carbons (Fsp3) is 0.136. The number of halogens is 1. The summed E-state index contributed by atoms with van der Waals surface area (Å²) in [6, 6.07) is 18.7. The van der Waals surface area contributed by atoms with E-state index in [0.29, 0.717) is 28.8 Å². The van der Waals surface area contributed by atoms with Crippen molar-refractivity contribution in [3.63, 3.8) is 0 Å². The molecule has 0 aromatic heterocycles. The average Bonchev–Trinajstić information content (AvgIpc) is 2.77. The molecule has 0 fully saturated rings. The SMILES string of the molecule is CCOc1ccc(NC(=S)Nc2ccc(S(=O)(=O)Nc3ccc(Br)cc3)cc2OC)cc1. The van der Waals surface area contributed by atoms with Crippen LogP contribution in [0, 0.1) is 0 Å². The Balaban J connectivity index is 1.71. The lowest BCUT2D eigenvalue weighted by Crippen LogP contribution is -2.20. The van der Waals surface area contributed by atoms with Gasteiger partial charge in [-0.15, -0.1) is 0 Å². The molecule has 0 bridgehead atoms. The number of benzene rings is 3. The molecular weight excluding hydrogens is 514 g/mol. The Morgan fingerprint density at radius 2 is 1.62 bits per heavy atom. The van der Waals surface area contributed by atoms with Crippen molar-refractivity contribution in [2.45, 2.75) is 11.8 Å². The molecule has 0 amide bonds. The van der Waals surface area contributed by atoms with E-state index in [1.54, 1.807) is 30.3 Å². The first-order valence-electron chi connectivity index (χ1n) is 9.58. The van der Waals surface area contributed by atoms with Crippen molar-refractivity contribution in [3.05, 3.63) is 71.2 Å². The quantitative estimate of drug-likeness (QED) is 0.329. The molecule has 7 nitrogen and oxygen atoms in total. The molecule has 0 radical (unpaired) electrons. The van der Waals surface area contributed by atoms with Crippen LogP contribution in [0.5, 0.6) is 11.5 Å². The average molecular weight is 536 g/mol. The smallest absolute Gasteiger partial charge is 0.262 e. The number of hydrogen-bond donors (Lipinski definition) is 3. The van der Waals surface area contributed by atoms with Crippen LogP contribution in [0.2, 0.25) is 0 Å². The van der Waals surface area contributed by atoms with Crippen LogP contribution in [0.25, 0.3) is 0 Å². The number of nitrogens with one attached hydrogen (secondary N) is 3. The van der Waals surface area contributed by atoms with Crippen LogP contribution in [-0.4, -0.2) is 27.2 Å². The van der Waals surface area contributed by atoms with E-state index in [2.05, 4.69) is 31.3 Å². The maximum absolute atomic E-state index is 12.8. The summed E-state index contributed by atoms with van der Waals surface area (Å²) in [5.74, 6) is 1.10. The van der Waals surface area contributed by atoms with Crippen molar-refractivity contribution in [2.24, 2.45) is 0 Å². The highest BCUT2D eigenvalue weighted by molar-refractivity contribution is 9.10. The largest absolute Gasteiger partial charge is 0.495 e. The Bertz CT molecular complexity index is 1180. The summed E-state index contributed by atoms with van der Waals surface area (Å²) >= 11 is 8.69. The predicted molar refractivity (Wildman–Crippen MR) is 135 cm³/mol. The van der Waals surface area contributed by atoms with Crippen molar-refractivity contribution < 1.29 is 17.9 Å². The third-order valence-electron chi connectivity index (χ3n) is 4.25. The summed E-state index contributed by atoms with van der Waals surface area (Å²) in [5.41, 5.74) is 1.76. The van der Waals surface area contributed by atoms with Crippen molar-refractivity contribution >= 4 is 60.3 Å². The number of anilines is 3. The summed E-state index contributed by atoms with van der Waals surface area (Å²) in [6.07, 6.45) is 0. The van der Waals surface area contributed by atoms with Crippen molar-refractivity contribution in [2.75, 3.05) is 29.1 Å². The monoisotopic (exact) mass is 535 g/mol. The fourth-order valence-corrected chi connectivity index (χ4v) is 4.33. The molecule has 3 aromatic rings. The highest BCUT2D eigenvalue weighted by Gasteiger charge is 2.17. The minimum absolute atomic E-state index is 0.0632. The molecule has 0 aliphatic rings. The number of methoxy groups -OCH3 is 1. The number of thiocarbonyl (C=S) groups is 1. The summed E-state index contributed by atoms with van der Waals surface area (Å²) in [6.45, 7) is 2.52. The Morgan fingerprint density at radius 1 is 0.969 bits per heavy atom. The second-order valence-corrected chi connectivity index (χ2v) is 9.52. The van der Waals surface area contributed by atoms with Gasteiger partial charge in [0.2, 0.25) is 0 Å². The van der Waals surface area contributed by atoms with E-state index < -0.39 is 10.0 Å². The zero-order valence-corrected chi connectivity index (χ0v) is 20.6. The van der Waals surface area contributed by atoms with Crippen LogP contribution in [0.3, 0.4) is 0 Å². The first kappa shape index (κ1) is 23.8. The maximum atomic E-state index is 12.8. The molecule has 3 rings (SSSR count). The Hall–Kier alpha value is -2.82.